The number of para-hydroxylation sites is 1. The van der Waals surface area contributed by atoms with Crippen molar-refractivity contribution in [2.45, 2.75) is 0 Å². The van der Waals surface area contributed by atoms with Crippen LogP contribution in [0, 0.1) is 0 Å². The minimum Gasteiger partial charge on any atom is -0.282 e. The van der Waals surface area contributed by atoms with E-state index >= 15 is 0 Å². The van der Waals surface area contributed by atoms with Crippen LogP contribution in [0.5, 0.6) is 0 Å². The fraction of sp³-hybridized carbons (Fsp3) is 0. The van der Waals surface area contributed by atoms with Crippen LogP contribution < -0.4 is 0 Å². The molecule has 0 amide bonds. The number of pyridine rings is 1. The third-order valence-electron chi connectivity index (χ3n) is 2.18. The van der Waals surface area contributed by atoms with Gasteiger partial charge in [0.2, 0.25) is 0 Å². The molecular weight excluding hydrogens is 162 g/mol. The molecule has 2 aromatic heterocycles. The average molecular weight is 169 g/mol. The number of aromatic nitrogens is 3. The highest BCUT2D eigenvalue weighted by molar-refractivity contribution is 5.81. The topological polar surface area (TPSA) is 30.2 Å². The summed E-state index contributed by atoms with van der Waals surface area (Å²) >= 11 is 0. The van der Waals surface area contributed by atoms with Gasteiger partial charge in [0, 0.05) is 0 Å². The Morgan fingerprint density at radius 1 is 1.00 bits per heavy atom. The monoisotopic (exact) mass is 169 g/mol. The Kier molecular flexibility index (Phi) is 1.16. The van der Waals surface area contributed by atoms with Crippen molar-refractivity contribution in [3.05, 3.63) is 42.7 Å². The van der Waals surface area contributed by atoms with Gasteiger partial charge in [-0.05, 0) is 23.6 Å². The van der Waals surface area contributed by atoms with Crippen molar-refractivity contribution in [3.63, 3.8) is 0 Å². The van der Waals surface area contributed by atoms with Crippen molar-refractivity contribution in [1.29, 1.82) is 0 Å². The van der Waals surface area contributed by atoms with E-state index in [2.05, 4.69) is 28.4 Å². The minimum atomic E-state index is 0.888. The number of benzene rings is 1. The maximum Gasteiger partial charge on any atom is 0.161 e. The lowest BCUT2D eigenvalue weighted by molar-refractivity contribution is 1.11. The molecule has 0 aliphatic heterocycles. The van der Waals surface area contributed by atoms with Crippen LogP contribution in [0.4, 0.5) is 0 Å². The van der Waals surface area contributed by atoms with Gasteiger partial charge in [0.1, 0.15) is 6.33 Å². The van der Waals surface area contributed by atoms with E-state index in [1.165, 1.54) is 5.39 Å². The smallest absolute Gasteiger partial charge is 0.161 e. The molecule has 62 valence electrons. The summed E-state index contributed by atoms with van der Waals surface area (Å²) in [6.45, 7) is 0. The summed E-state index contributed by atoms with van der Waals surface area (Å²) in [7, 11) is 0. The van der Waals surface area contributed by atoms with E-state index in [0.29, 0.717) is 0 Å². The van der Waals surface area contributed by atoms with Crippen molar-refractivity contribution < 1.29 is 0 Å². The Balaban J connectivity index is 2.65. The van der Waals surface area contributed by atoms with Crippen molar-refractivity contribution in [1.82, 2.24) is 14.6 Å². The summed E-state index contributed by atoms with van der Waals surface area (Å²) < 4.78 is 1.98. The predicted molar refractivity (Wildman–Crippen MR) is 50.5 cm³/mol. The third-order valence-corrected chi connectivity index (χ3v) is 2.18. The first-order valence-electron chi connectivity index (χ1n) is 4.13. The maximum atomic E-state index is 3.98. The second kappa shape index (κ2) is 2.29. The number of nitrogens with zero attached hydrogens (tertiary/aromatic N) is 3. The van der Waals surface area contributed by atoms with Gasteiger partial charge in [-0.25, -0.2) is 0 Å². The number of fused-ring (bicyclic) bond motifs is 3. The van der Waals surface area contributed by atoms with Gasteiger partial charge >= 0.3 is 0 Å². The van der Waals surface area contributed by atoms with Gasteiger partial charge in [-0.2, -0.15) is 0 Å². The quantitative estimate of drug-likeness (QED) is 0.514. The first kappa shape index (κ1) is 6.60. The molecule has 0 bridgehead atoms. The molecule has 0 spiro atoms. The fourth-order valence-electron chi connectivity index (χ4n) is 1.56. The summed E-state index contributed by atoms with van der Waals surface area (Å²) in [4.78, 5) is 0. The lowest BCUT2D eigenvalue weighted by Crippen LogP contribution is -1.85. The average Bonchev–Trinajstić information content (AvgIpc) is 2.65. The summed E-state index contributed by atoms with van der Waals surface area (Å²) in [5, 5.41) is 9.05. The highest BCUT2D eigenvalue weighted by Crippen LogP contribution is 2.14. The highest BCUT2D eigenvalue weighted by Gasteiger charge is 1.98. The summed E-state index contributed by atoms with van der Waals surface area (Å²) in [6.07, 6.45) is 1.73. The predicted octanol–water partition coefficient (Wildman–Crippen LogP) is 1.88. The van der Waals surface area contributed by atoms with Crippen LogP contribution >= 0.6 is 0 Å². The fourth-order valence-corrected chi connectivity index (χ4v) is 1.56. The number of rotatable bonds is 0. The summed E-state index contributed by atoms with van der Waals surface area (Å²) in [5.74, 6) is 0. The van der Waals surface area contributed by atoms with Crippen LogP contribution in [-0.4, -0.2) is 14.6 Å². The summed E-state index contributed by atoms with van der Waals surface area (Å²) in [6, 6.07) is 12.2. The minimum absolute atomic E-state index is 0.888. The first-order chi connectivity index (χ1) is 6.45. The second-order valence-corrected chi connectivity index (χ2v) is 2.95. The van der Waals surface area contributed by atoms with Gasteiger partial charge < -0.3 is 0 Å². The molecule has 0 unspecified atom stereocenters. The Hall–Kier alpha value is -1.90. The molecule has 13 heavy (non-hydrogen) atoms. The molecule has 0 aliphatic carbocycles. The molecule has 3 nitrogen and oxygen atoms in total. The molecular formula is C10H7N3. The molecule has 0 saturated carbocycles. The number of hydrogen-bond donors (Lipinski definition) is 0. The first-order valence-corrected chi connectivity index (χ1v) is 4.13. The SMILES string of the molecule is c1ccc2c(c1)ccc1nncn12. The van der Waals surface area contributed by atoms with Gasteiger partial charge in [-0.1, -0.05) is 18.2 Å². The second-order valence-electron chi connectivity index (χ2n) is 2.95. The lowest BCUT2D eigenvalue weighted by atomic mass is 10.2. The normalized spacial score (nSPS) is 11.1. The highest BCUT2D eigenvalue weighted by atomic mass is 15.2. The van der Waals surface area contributed by atoms with Crippen LogP contribution in [0.15, 0.2) is 42.7 Å². The van der Waals surface area contributed by atoms with Crippen molar-refractivity contribution >= 4 is 16.6 Å². The van der Waals surface area contributed by atoms with E-state index in [4.69, 9.17) is 0 Å². The number of hydrogen-bond acceptors (Lipinski definition) is 2. The molecule has 3 aromatic rings. The van der Waals surface area contributed by atoms with Gasteiger partial charge in [0.05, 0.1) is 5.52 Å². The van der Waals surface area contributed by atoms with Gasteiger partial charge in [-0.15, -0.1) is 10.2 Å². The zero-order valence-corrected chi connectivity index (χ0v) is 6.88. The molecule has 0 N–H and O–H groups in total. The molecule has 0 atom stereocenters. The van der Waals surface area contributed by atoms with Crippen LogP contribution in [0.1, 0.15) is 0 Å². The molecule has 1 aromatic carbocycles. The van der Waals surface area contributed by atoms with E-state index in [9.17, 15) is 0 Å². The van der Waals surface area contributed by atoms with E-state index in [1.807, 2.05) is 22.6 Å². The van der Waals surface area contributed by atoms with Crippen LogP contribution in [-0.2, 0) is 0 Å². The molecule has 0 aliphatic rings. The largest absolute Gasteiger partial charge is 0.282 e. The van der Waals surface area contributed by atoms with Crippen molar-refractivity contribution in [3.8, 4) is 0 Å². The van der Waals surface area contributed by atoms with Gasteiger partial charge in [0.15, 0.2) is 5.65 Å². The van der Waals surface area contributed by atoms with Crippen LogP contribution in [0.3, 0.4) is 0 Å². The lowest BCUT2D eigenvalue weighted by Gasteiger charge is -1.98. The summed E-state index contributed by atoms with van der Waals surface area (Å²) in [5.41, 5.74) is 2.03. The Bertz CT molecular complexity index is 568. The Labute approximate surface area is 74.6 Å². The van der Waals surface area contributed by atoms with Crippen molar-refractivity contribution in [2.75, 3.05) is 0 Å². The van der Waals surface area contributed by atoms with Crippen LogP contribution in [0.25, 0.3) is 16.6 Å². The third kappa shape index (κ3) is 0.839. The van der Waals surface area contributed by atoms with E-state index in [0.717, 1.165) is 11.2 Å². The standard InChI is InChI=1S/C10H7N3/c1-2-4-9-8(3-1)5-6-10-12-11-7-13(9)10/h1-7H. The van der Waals surface area contributed by atoms with E-state index < -0.39 is 0 Å². The Morgan fingerprint density at radius 2 is 1.92 bits per heavy atom. The molecule has 0 radical (unpaired) electrons. The van der Waals surface area contributed by atoms with E-state index in [-0.39, 0.29) is 0 Å². The zero-order chi connectivity index (χ0) is 8.67. The Morgan fingerprint density at radius 3 is 2.92 bits per heavy atom. The molecule has 0 saturated heterocycles. The van der Waals surface area contributed by atoms with Crippen molar-refractivity contribution in [2.24, 2.45) is 0 Å². The maximum absolute atomic E-state index is 3.98. The molecule has 3 heteroatoms. The van der Waals surface area contributed by atoms with Crippen LogP contribution in [0.2, 0.25) is 0 Å². The van der Waals surface area contributed by atoms with E-state index in [1.54, 1.807) is 6.33 Å². The molecule has 2 heterocycles. The zero-order valence-electron chi connectivity index (χ0n) is 6.88. The van der Waals surface area contributed by atoms with Gasteiger partial charge in [-0.3, -0.25) is 4.40 Å². The molecule has 3 rings (SSSR count). The van der Waals surface area contributed by atoms with Gasteiger partial charge in [0.25, 0.3) is 0 Å². The molecule has 0 fully saturated rings.